The van der Waals surface area contributed by atoms with Crippen molar-refractivity contribution in [1.82, 2.24) is 9.80 Å². The third kappa shape index (κ3) is 5.27. The zero-order valence-electron chi connectivity index (χ0n) is 17.9. The third-order valence-corrected chi connectivity index (χ3v) is 6.25. The minimum Gasteiger partial charge on any atom is -0.333 e. The molecule has 0 fully saturated rings. The van der Waals surface area contributed by atoms with Crippen molar-refractivity contribution in [1.29, 1.82) is 0 Å². The lowest BCUT2D eigenvalue weighted by Crippen LogP contribution is -2.47. The Hall–Kier alpha value is -2.14. The van der Waals surface area contributed by atoms with Crippen LogP contribution in [-0.4, -0.2) is 41.2 Å². The molecule has 1 aliphatic rings. The van der Waals surface area contributed by atoms with Crippen molar-refractivity contribution in [2.24, 2.45) is 11.8 Å². The second-order valence-electron chi connectivity index (χ2n) is 8.72. The highest BCUT2D eigenvalue weighted by atomic mass is 32.1. The average Bonchev–Trinajstić information content (AvgIpc) is 3.15. The molecule has 29 heavy (non-hydrogen) atoms. The van der Waals surface area contributed by atoms with Crippen molar-refractivity contribution in [2.75, 3.05) is 19.6 Å². The molecule has 0 saturated carbocycles. The van der Waals surface area contributed by atoms with Gasteiger partial charge in [0, 0.05) is 24.4 Å². The van der Waals surface area contributed by atoms with E-state index in [1.54, 1.807) is 16.2 Å². The molecule has 4 nitrogen and oxygen atoms in total. The SMILES string of the molecule is CC(C)CC(=O)N(CC(=O)N1CCc2sccc2[C@@H]1c1ccccc1)CC(C)C. The van der Waals surface area contributed by atoms with Crippen LogP contribution in [0.25, 0.3) is 0 Å². The highest BCUT2D eigenvalue weighted by molar-refractivity contribution is 7.10. The van der Waals surface area contributed by atoms with E-state index in [0.717, 1.165) is 12.0 Å². The molecule has 0 aliphatic carbocycles. The van der Waals surface area contributed by atoms with Crippen LogP contribution in [0.1, 0.15) is 56.2 Å². The first-order chi connectivity index (χ1) is 13.9. The summed E-state index contributed by atoms with van der Waals surface area (Å²) in [4.78, 5) is 31.3. The molecule has 2 amide bonds. The number of hydrogen-bond acceptors (Lipinski definition) is 3. The molecule has 1 aromatic heterocycles. The van der Waals surface area contributed by atoms with Gasteiger partial charge in [-0.2, -0.15) is 0 Å². The van der Waals surface area contributed by atoms with Gasteiger partial charge in [0.05, 0.1) is 12.6 Å². The van der Waals surface area contributed by atoms with E-state index in [9.17, 15) is 9.59 Å². The summed E-state index contributed by atoms with van der Waals surface area (Å²) in [6.07, 6.45) is 1.36. The molecule has 0 saturated heterocycles. The number of benzene rings is 1. The Bertz CT molecular complexity index is 828. The molecule has 156 valence electrons. The van der Waals surface area contributed by atoms with Crippen molar-refractivity contribution in [3.8, 4) is 0 Å². The summed E-state index contributed by atoms with van der Waals surface area (Å²) in [6.45, 7) is 9.73. The van der Waals surface area contributed by atoms with Gasteiger partial charge < -0.3 is 9.80 Å². The minimum atomic E-state index is -0.0696. The number of fused-ring (bicyclic) bond motifs is 1. The highest BCUT2D eigenvalue weighted by Crippen LogP contribution is 2.37. The first-order valence-electron chi connectivity index (χ1n) is 10.5. The Kier molecular flexibility index (Phi) is 7.12. The lowest BCUT2D eigenvalue weighted by atomic mass is 9.93. The Balaban J connectivity index is 1.84. The van der Waals surface area contributed by atoms with Crippen LogP contribution < -0.4 is 0 Å². The van der Waals surface area contributed by atoms with Crippen LogP contribution >= 0.6 is 11.3 Å². The summed E-state index contributed by atoms with van der Waals surface area (Å²) in [5.74, 6) is 0.723. The van der Waals surface area contributed by atoms with Gasteiger partial charge in [0.1, 0.15) is 0 Å². The van der Waals surface area contributed by atoms with Crippen LogP contribution in [-0.2, 0) is 16.0 Å². The number of carbonyl (C=O) groups is 2. The van der Waals surface area contributed by atoms with Crippen LogP contribution in [0.5, 0.6) is 0 Å². The van der Waals surface area contributed by atoms with Gasteiger partial charge in [0.15, 0.2) is 0 Å². The van der Waals surface area contributed by atoms with Crippen LogP contribution in [0, 0.1) is 11.8 Å². The summed E-state index contributed by atoms with van der Waals surface area (Å²) in [5.41, 5.74) is 2.36. The summed E-state index contributed by atoms with van der Waals surface area (Å²) >= 11 is 1.77. The predicted molar refractivity (Wildman–Crippen MR) is 119 cm³/mol. The van der Waals surface area contributed by atoms with Crippen LogP contribution in [0.3, 0.4) is 0 Å². The minimum absolute atomic E-state index is 0.0356. The summed E-state index contributed by atoms with van der Waals surface area (Å²) in [7, 11) is 0. The van der Waals surface area contributed by atoms with Gasteiger partial charge in [0.2, 0.25) is 11.8 Å². The van der Waals surface area contributed by atoms with Crippen molar-refractivity contribution in [2.45, 2.75) is 46.6 Å². The Morgan fingerprint density at radius 1 is 1.10 bits per heavy atom. The second-order valence-corrected chi connectivity index (χ2v) is 9.72. The number of amides is 2. The quantitative estimate of drug-likeness (QED) is 0.658. The van der Waals surface area contributed by atoms with Crippen molar-refractivity contribution >= 4 is 23.2 Å². The van der Waals surface area contributed by atoms with Crippen molar-refractivity contribution in [3.05, 3.63) is 57.8 Å². The van der Waals surface area contributed by atoms with Crippen molar-refractivity contribution in [3.63, 3.8) is 0 Å². The smallest absolute Gasteiger partial charge is 0.242 e. The van der Waals surface area contributed by atoms with E-state index in [0.29, 0.717) is 25.4 Å². The molecular weight excluding hydrogens is 380 g/mol. The van der Waals surface area contributed by atoms with Gasteiger partial charge in [-0.3, -0.25) is 9.59 Å². The van der Waals surface area contributed by atoms with Crippen LogP contribution in [0.2, 0.25) is 0 Å². The lowest BCUT2D eigenvalue weighted by Gasteiger charge is -2.38. The molecule has 5 heteroatoms. The van der Waals surface area contributed by atoms with E-state index in [4.69, 9.17) is 0 Å². The fourth-order valence-corrected chi connectivity index (χ4v) is 4.91. The van der Waals surface area contributed by atoms with E-state index >= 15 is 0 Å². The monoisotopic (exact) mass is 412 g/mol. The predicted octanol–water partition coefficient (Wildman–Crippen LogP) is 4.75. The van der Waals surface area contributed by atoms with E-state index in [1.807, 2.05) is 36.9 Å². The van der Waals surface area contributed by atoms with E-state index in [1.165, 1.54) is 10.4 Å². The number of thiophene rings is 1. The van der Waals surface area contributed by atoms with Crippen LogP contribution in [0.15, 0.2) is 41.8 Å². The standard InChI is InChI=1S/C24H32N2O2S/c1-17(2)14-22(27)25(15-18(3)4)16-23(28)26-12-10-21-20(11-13-29-21)24(26)19-8-6-5-7-9-19/h5-9,11,13,17-18,24H,10,12,14-16H2,1-4H3/t24-/m0/s1. The molecular formula is C24H32N2O2S. The molecule has 0 spiro atoms. The molecule has 2 heterocycles. The largest absolute Gasteiger partial charge is 0.333 e. The summed E-state index contributed by atoms with van der Waals surface area (Å²) in [6, 6.07) is 12.3. The number of carbonyl (C=O) groups excluding carboxylic acids is 2. The molecule has 0 radical (unpaired) electrons. The number of nitrogens with zero attached hydrogens (tertiary/aromatic N) is 2. The molecule has 1 atom stereocenters. The molecule has 0 unspecified atom stereocenters. The third-order valence-electron chi connectivity index (χ3n) is 5.25. The van der Waals surface area contributed by atoms with Gasteiger partial charge >= 0.3 is 0 Å². The molecule has 0 N–H and O–H groups in total. The first kappa shape index (κ1) is 21.6. The second kappa shape index (κ2) is 9.57. The zero-order chi connectivity index (χ0) is 21.0. The Morgan fingerprint density at radius 3 is 2.48 bits per heavy atom. The Morgan fingerprint density at radius 2 is 1.83 bits per heavy atom. The number of hydrogen-bond donors (Lipinski definition) is 0. The van der Waals surface area contributed by atoms with Gasteiger partial charge in [-0.15, -0.1) is 11.3 Å². The van der Waals surface area contributed by atoms with Crippen molar-refractivity contribution < 1.29 is 9.59 Å². The van der Waals surface area contributed by atoms with E-state index in [2.05, 4.69) is 37.4 Å². The summed E-state index contributed by atoms with van der Waals surface area (Å²) in [5, 5.41) is 2.12. The maximum absolute atomic E-state index is 13.4. The maximum Gasteiger partial charge on any atom is 0.242 e. The maximum atomic E-state index is 13.4. The number of rotatable bonds is 7. The average molecular weight is 413 g/mol. The molecule has 3 rings (SSSR count). The molecule has 2 aromatic rings. The fraction of sp³-hybridized carbons (Fsp3) is 0.500. The first-order valence-corrected chi connectivity index (χ1v) is 11.4. The molecule has 1 aromatic carbocycles. The normalized spacial score (nSPS) is 16.2. The highest BCUT2D eigenvalue weighted by Gasteiger charge is 2.34. The van der Waals surface area contributed by atoms with E-state index in [-0.39, 0.29) is 30.3 Å². The zero-order valence-corrected chi connectivity index (χ0v) is 18.7. The molecule has 0 bridgehead atoms. The van der Waals surface area contributed by atoms with Crippen LogP contribution in [0.4, 0.5) is 0 Å². The van der Waals surface area contributed by atoms with E-state index < -0.39 is 0 Å². The summed E-state index contributed by atoms with van der Waals surface area (Å²) < 4.78 is 0. The van der Waals surface area contributed by atoms with Gasteiger partial charge in [-0.05, 0) is 40.8 Å². The van der Waals surface area contributed by atoms with Gasteiger partial charge in [-0.1, -0.05) is 58.0 Å². The van der Waals surface area contributed by atoms with Gasteiger partial charge in [0.25, 0.3) is 0 Å². The molecule has 1 aliphatic heterocycles. The fourth-order valence-electron chi connectivity index (χ4n) is 4.01. The topological polar surface area (TPSA) is 40.6 Å². The van der Waals surface area contributed by atoms with Gasteiger partial charge in [-0.25, -0.2) is 0 Å². The Labute approximate surface area is 178 Å². The lowest BCUT2D eigenvalue weighted by molar-refractivity contribution is -0.142.